The Kier molecular flexibility index (Phi) is 6.43. The Bertz CT molecular complexity index is 1130. The number of nitrogens with zero attached hydrogens (tertiary/aromatic N) is 1. The third-order valence-corrected chi connectivity index (χ3v) is 4.80. The van der Waals surface area contributed by atoms with Crippen LogP contribution >= 0.6 is 0 Å². The Hall–Kier alpha value is -3.72. The number of benzene rings is 3. The van der Waals surface area contributed by atoms with E-state index in [1.165, 1.54) is 12.1 Å². The summed E-state index contributed by atoms with van der Waals surface area (Å²) in [6, 6.07) is 18.4. The van der Waals surface area contributed by atoms with Crippen molar-refractivity contribution in [2.45, 2.75) is 26.3 Å². The highest BCUT2D eigenvalue weighted by atomic mass is 19.1. The summed E-state index contributed by atoms with van der Waals surface area (Å²) in [5, 5.41) is 16.5. The molecule has 30 heavy (non-hydrogen) atoms. The van der Waals surface area contributed by atoms with Gasteiger partial charge in [0, 0.05) is 5.69 Å². The summed E-state index contributed by atoms with van der Waals surface area (Å²) in [4.78, 5) is 25.3. The summed E-state index contributed by atoms with van der Waals surface area (Å²) in [6.07, 6.45) is 0.149. The number of fused-ring (bicyclic) bond motifs is 1. The second kappa shape index (κ2) is 9.19. The van der Waals surface area contributed by atoms with Gasteiger partial charge in [-0.15, -0.1) is 0 Å². The monoisotopic (exact) mass is 403 g/mol. The Labute approximate surface area is 174 Å². The van der Waals surface area contributed by atoms with Crippen molar-refractivity contribution in [3.05, 3.63) is 77.6 Å². The van der Waals surface area contributed by atoms with Crippen molar-refractivity contribution in [3.63, 3.8) is 0 Å². The van der Waals surface area contributed by atoms with Gasteiger partial charge in [0.05, 0.1) is 12.0 Å². The quantitative estimate of drug-likeness (QED) is 0.648. The van der Waals surface area contributed by atoms with E-state index < -0.39 is 17.8 Å². The van der Waals surface area contributed by atoms with Crippen molar-refractivity contribution in [1.29, 1.82) is 5.26 Å². The van der Waals surface area contributed by atoms with Crippen LogP contribution in [0.4, 0.5) is 10.1 Å². The van der Waals surface area contributed by atoms with Crippen molar-refractivity contribution < 1.29 is 14.0 Å². The highest BCUT2D eigenvalue weighted by Crippen LogP contribution is 2.17. The van der Waals surface area contributed by atoms with E-state index in [4.69, 9.17) is 5.26 Å². The van der Waals surface area contributed by atoms with Crippen LogP contribution in [0.25, 0.3) is 10.8 Å². The van der Waals surface area contributed by atoms with Gasteiger partial charge >= 0.3 is 0 Å². The number of halogens is 1. The van der Waals surface area contributed by atoms with Crippen molar-refractivity contribution in [1.82, 2.24) is 5.32 Å². The molecule has 0 fully saturated rings. The first-order chi connectivity index (χ1) is 14.4. The second-order valence-corrected chi connectivity index (χ2v) is 7.44. The number of nitrogens with one attached hydrogen (secondary N) is 2. The molecule has 5 nitrogen and oxygen atoms in total. The summed E-state index contributed by atoms with van der Waals surface area (Å²) in [5.41, 5.74) is 0.993. The third kappa shape index (κ3) is 5.00. The van der Waals surface area contributed by atoms with E-state index in [0.717, 1.165) is 22.4 Å². The van der Waals surface area contributed by atoms with Crippen LogP contribution in [-0.4, -0.2) is 17.9 Å². The van der Waals surface area contributed by atoms with Crippen molar-refractivity contribution in [3.8, 4) is 6.07 Å². The number of nitriles is 1. The lowest BCUT2D eigenvalue weighted by atomic mass is 10.0. The molecule has 1 unspecified atom stereocenters. The number of hydrogen-bond donors (Lipinski definition) is 2. The molecule has 0 saturated carbocycles. The first-order valence-electron chi connectivity index (χ1n) is 9.65. The summed E-state index contributed by atoms with van der Waals surface area (Å²) < 4.78 is 13.5. The topological polar surface area (TPSA) is 82.0 Å². The molecular formula is C24H22FN3O2. The number of hydrogen-bond acceptors (Lipinski definition) is 3. The Morgan fingerprint density at radius 1 is 1.03 bits per heavy atom. The lowest BCUT2D eigenvalue weighted by molar-refractivity contribution is -0.127. The van der Waals surface area contributed by atoms with Crippen LogP contribution in [-0.2, 0) is 16.0 Å². The van der Waals surface area contributed by atoms with E-state index in [1.807, 2.05) is 56.3 Å². The predicted molar refractivity (Wildman–Crippen MR) is 114 cm³/mol. The second-order valence-electron chi connectivity index (χ2n) is 7.44. The molecule has 152 valence electrons. The summed E-state index contributed by atoms with van der Waals surface area (Å²) in [7, 11) is 0. The smallest absolute Gasteiger partial charge is 0.247 e. The normalized spacial score (nSPS) is 11.7. The zero-order valence-electron chi connectivity index (χ0n) is 16.8. The lowest BCUT2D eigenvalue weighted by Gasteiger charge is -2.22. The minimum absolute atomic E-state index is 0.149. The van der Waals surface area contributed by atoms with E-state index in [9.17, 15) is 14.0 Å². The van der Waals surface area contributed by atoms with Crippen LogP contribution < -0.4 is 10.6 Å². The van der Waals surface area contributed by atoms with Gasteiger partial charge in [-0.1, -0.05) is 56.3 Å². The highest BCUT2D eigenvalue weighted by Gasteiger charge is 2.24. The molecule has 3 rings (SSSR count). The maximum atomic E-state index is 13.5. The van der Waals surface area contributed by atoms with Gasteiger partial charge in [-0.2, -0.15) is 5.26 Å². The average molecular weight is 403 g/mol. The van der Waals surface area contributed by atoms with Crippen LogP contribution in [0.5, 0.6) is 0 Å². The molecule has 3 aromatic rings. The summed E-state index contributed by atoms with van der Waals surface area (Å²) in [6.45, 7) is 3.65. The van der Waals surface area contributed by atoms with Crippen LogP contribution in [0.1, 0.15) is 25.0 Å². The molecule has 1 atom stereocenters. The standard InChI is InChI=1S/C24H22FN3O2/c1-15(2)23(24(30)27-20-9-10-21(25)19(13-20)14-26)28-22(29)12-16-7-8-17-5-3-4-6-18(17)11-16/h3-11,13,15,23H,12H2,1-2H3,(H,27,30)(H,28,29). The zero-order chi connectivity index (χ0) is 21.7. The van der Waals surface area contributed by atoms with Gasteiger partial charge in [0.2, 0.25) is 11.8 Å². The maximum Gasteiger partial charge on any atom is 0.247 e. The summed E-state index contributed by atoms with van der Waals surface area (Å²) >= 11 is 0. The van der Waals surface area contributed by atoms with Gasteiger partial charge < -0.3 is 10.6 Å². The fourth-order valence-corrected chi connectivity index (χ4v) is 3.20. The van der Waals surface area contributed by atoms with Crippen LogP contribution in [0.3, 0.4) is 0 Å². The van der Waals surface area contributed by atoms with Crippen molar-refractivity contribution in [2.75, 3.05) is 5.32 Å². The molecule has 0 heterocycles. The fourth-order valence-electron chi connectivity index (χ4n) is 3.20. The molecule has 0 aliphatic rings. The van der Waals surface area contributed by atoms with Crippen LogP contribution in [0.2, 0.25) is 0 Å². The third-order valence-electron chi connectivity index (χ3n) is 4.80. The van der Waals surface area contributed by atoms with Crippen LogP contribution in [0, 0.1) is 23.1 Å². The molecule has 0 aromatic heterocycles. The SMILES string of the molecule is CC(C)C(NC(=O)Cc1ccc2ccccc2c1)C(=O)Nc1ccc(F)c(C#N)c1. The molecular weight excluding hydrogens is 381 g/mol. The molecule has 0 radical (unpaired) electrons. The maximum absolute atomic E-state index is 13.5. The first kappa shape index (κ1) is 21.0. The molecule has 3 aromatic carbocycles. The van der Waals surface area contributed by atoms with Gasteiger partial charge in [-0.3, -0.25) is 9.59 Å². The molecule has 0 spiro atoms. The number of amides is 2. The number of rotatable bonds is 6. The average Bonchev–Trinajstić information content (AvgIpc) is 2.73. The number of carbonyl (C=O) groups is 2. The molecule has 2 amide bonds. The van der Waals surface area contributed by atoms with Crippen molar-refractivity contribution >= 4 is 28.3 Å². The van der Waals surface area contributed by atoms with E-state index in [0.29, 0.717) is 5.69 Å². The van der Waals surface area contributed by atoms with Gasteiger partial charge in [-0.25, -0.2) is 4.39 Å². The Morgan fingerprint density at radius 3 is 2.47 bits per heavy atom. The molecule has 0 saturated heterocycles. The van der Waals surface area contributed by atoms with Gasteiger partial charge in [-0.05, 0) is 40.5 Å². The highest BCUT2D eigenvalue weighted by molar-refractivity contribution is 5.97. The molecule has 0 bridgehead atoms. The molecule has 2 N–H and O–H groups in total. The van der Waals surface area contributed by atoms with E-state index in [-0.39, 0.29) is 23.8 Å². The minimum atomic E-state index is -0.770. The van der Waals surface area contributed by atoms with Crippen LogP contribution in [0.15, 0.2) is 60.7 Å². The van der Waals surface area contributed by atoms with E-state index in [1.54, 1.807) is 6.07 Å². The molecule has 6 heteroatoms. The van der Waals surface area contributed by atoms with Gasteiger partial charge in [0.25, 0.3) is 0 Å². The minimum Gasteiger partial charge on any atom is -0.344 e. The van der Waals surface area contributed by atoms with Crippen molar-refractivity contribution in [2.24, 2.45) is 5.92 Å². The van der Waals surface area contributed by atoms with Gasteiger partial charge in [0.15, 0.2) is 0 Å². The largest absolute Gasteiger partial charge is 0.344 e. The Morgan fingerprint density at radius 2 is 1.77 bits per heavy atom. The molecule has 0 aliphatic heterocycles. The molecule has 0 aliphatic carbocycles. The van der Waals surface area contributed by atoms with E-state index >= 15 is 0 Å². The zero-order valence-corrected chi connectivity index (χ0v) is 16.8. The first-order valence-corrected chi connectivity index (χ1v) is 9.65. The van der Waals surface area contributed by atoms with Gasteiger partial charge in [0.1, 0.15) is 17.9 Å². The lowest BCUT2D eigenvalue weighted by Crippen LogP contribution is -2.47. The number of anilines is 1. The number of carbonyl (C=O) groups excluding carboxylic acids is 2. The Balaban J connectivity index is 1.68. The van der Waals surface area contributed by atoms with E-state index in [2.05, 4.69) is 10.6 Å². The summed E-state index contributed by atoms with van der Waals surface area (Å²) in [5.74, 6) is -1.51. The fraction of sp³-hybridized carbons (Fsp3) is 0.208. The predicted octanol–water partition coefficient (Wildman–Crippen LogP) is 4.17.